The molecule has 4 aromatic rings. The summed E-state index contributed by atoms with van der Waals surface area (Å²) in [6.45, 7) is 3.67. The minimum Gasteiger partial charge on any atom is -0.322 e. The molecule has 2 heterocycles. The lowest BCUT2D eigenvalue weighted by molar-refractivity contribution is 0.102. The van der Waals surface area contributed by atoms with Crippen LogP contribution in [0.15, 0.2) is 54.7 Å². The third-order valence-electron chi connectivity index (χ3n) is 4.47. The zero-order valence-corrected chi connectivity index (χ0v) is 14.4. The molecule has 0 unspecified atom stereocenters. The maximum atomic E-state index is 14.2. The molecule has 0 saturated heterocycles. The van der Waals surface area contributed by atoms with Crippen LogP contribution in [0.1, 0.15) is 21.7 Å². The standard InChI is InChI=1S/C20H17FN4O/c1-12-9-16(13(2)25(12)19-6-4-3-5-17(19)21)20(26)23-15-7-8-18-14(10-15)11-22-24-18/h3-11H,1-2H3,(H,22,24)(H,23,26). The highest BCUT2D eigenvalue weighted by molar-refractivity contribution is 6.06. The number of hydrogen-bond donors (Lipinski definition) is 2. The van der Waals surface area contributed by atoms with Crippen molar-refractivity contribution in [2.24, 2.45) is 0 Å². The number of aromatic amines is 1. The molecule has 0 saturated carbocycles. The normalized spacial score (nSPS) is 11.0. The summed E-state index contributed by atoms with van der Waals surface area (Å²) in [7, 11) is 0. The van der Waals surface area contributed by atoms with Gasteiger partial charge in [0.25, 0.3) is 5.91 Å². The number of nitrogens with zero attached hydrogens (tertiary/aromatic N) is 2. The molecule has 2 aromatic carbocycles. The Bertz CT molecular complexity index is 1130. The topological polar surface area (TPSA) is 62.7 Å². The Kier molecular flexibility index (Phi) is 3.80. The van der Waals surface area contributed by atoms with E-state index >= 15 is 0 Å². The van der Waals surface area contributed by atoms with Crippen LogP contribution >= 0.6 is 0 Å². The van der Waals surface area contributed by atoms with Crippen molar-refractivity contribution < 1.29 is 9.18 Å². The second kappa shape index (κ2) is 6.15. The summed E-state index contributed by atoms with van der Waals surface area (Å²) in [5.41, 5.74) is 4.01. The molecule has 0 fully saturated rings. The fourth-order valence-corrected chi connectivity index (χ4v) is 3.22. The Hall–Kier alpha value is -3.41. The lowest BCUT2D eigenvalue weighted by Crippen LogP contribution is -2.13. The van der Waals surface area contributed by atoms with Gasteiger partial charge in [-0.15, -0.1) is 0 Å². The van der Waals surface area contributed by atoms with E-state index in [0.29, 0.717) is 22.6 Å². The number of hydrogen-bond acceptors (Lipinski definition) is 2. The van der Waals surface area contributed by atoms with Crippen LogP contribution in [-0.2, 0) is 0 Å². The molecule has 0 spiro atoms. The number of anilines is 1. The van der Waals surface area contributed by atoms with Crippen molar-refractivity contribution in [1.29, 1.82) is 0 Å². The average molecular weight is 348 g/mol. The van der Waals surface area contributed by atoms with Gasteiger partial charge in [-0.1, -0.05) is 12.1 Å². The number of fused-ring (bicyclic) bond motifs is 1. The van der Waals surface area contributed by atoms with Crippen LogP contribution in [0.4, 0.5) is 10.1 Å². The molecular weight excluding hydrogens is 331 g/mol. The number of amides is 1. The number of halogens is 1. The number of carbonyl (C=O) groups excluding carboxylic acids is 1. The molecule has 0 radical (unpaired) electrons. The van der Waals surface area contributed by atoms with Gasteiger partial charge in [-0.25, -0.2) is 4.39 Å². The smallest absolute Gasteiger partial charge is 0.257 e. The van der Waals surface area contributed by atoms with Gasteiger partial charge >= 0.3 is 0 Å². The zero-order chi connectivity index (χ0) is 18.3. The molecule has 26 heavy (non-hydrogen) atoms. The molecule has 5 nitrogen and oxygen atoms in total. The average Bonchev–Trinajstić information content (AvgIpc) is 3.19. The number of benzene rings is 2. The maximum Gasteiger partial charge on any atom is 0.257 e. The van der Waals surface area contributed by atoms with Crippen LogP contribution in [0.25, 0.3) is 16.6 Å². The van der Waals surface area contributed by atoms with Crippen molar-refractivity contribution in [3.05, 3.63) is 77.5 Å². The molecule has 0 aliphatic rings. The first kappa shape index (κ1) is 16.1. The highest BCUT2D eigenvalue weighted by Gasteiger charge is 2.18. The van der Waals surface area contributed by atoms with E-state index in [-0.39, 0.29) is 11.7 Å². The van der Waals surface area contributed by atoms with E-state index in [2.05, 4.69) is 15.5 Å². The molecule has 0 bridgehead atoms. The van der Waals surface area contributed by atoms with Gasteiger partial charge in [-0.05, 0) is 50.2 Å². The monoisotopic (exact) mass is 348 g/mol. The quantitative estimate of drug-likeness (QED) is 0.578. The molecule has 1 amide bonds. The van der Waals surface area contributed by atoms with E-state index < -0.39 is 0 Å². The van der Waals surface area contributed by atoms with Crippen LogP contribution in [0, 0.1) is 19.7 Å². The molecule has 0 atom stereocenters. The van der Waals surface area contributed by atoms with Gasteiger partial charge in [0.2, 0.25) is 0 Å². The molecule has 4 rings (SSSR count). The van der Waals surface area contributed by atoms with Crippen molar-refractivity contribution in [2.45, 2.75) is 13.8 Å². The van der Waals surface area contributed by atoms with E-state index in [9.17, 15) is 9.18 Å². The van der Waals surface area contributed by atoms with Gasteiger partial charge in [0, 0.05) is 22.5 Å². The fourth-order valence-electron chi connectivity index (χ4n) is 3.22. The number of H-pyrrole nitrogens is 1. The summed E-state index contributed by atoms with van der Waals surface area (Å²) >= 11 is 0. The van der Waals surface area contributed by atoms with Crippen LogP contribution < -0.4 is 5.32 Å². The summed E-state index contributed by atoms with van der Waals surface area (Å²) in [5, 5.41) is 10.7. The van der Waals surface area contributed by atoms with Gasteiger partial charge in [0.05, 0.1) is 23.0 Å². The number of carbonyl (C=O) groups is 1. The molecule has 2 N–H and O–H groups in total. The fraction of sp³-hybridized carbons (Fsp3) is 0.100. The highest BCUT2D eigenvalue weighted by Crippen LogP contribution is 2.24. The number of nitrogens with one attached hydrogen (secondary N) is 2. The van der Waals surface area contributed by atoms with E-state index in [1.54, 1.807) is 35.0 Å². The summed E-state index contributed by atoms with van der Waals surface area (Å²) < 4.78 is 15.9. The van der Waals surface area contributed by atoms with Crippen molar-refractivity contribution in [1.82, 2.24) is 14.8 Å². The number of rotatable bonds is 3. The maximum absolute atomic E-state index is 14.2. The summed E-state index contributed by atoms with van der Waals surface area (Å²) in [5.74, 6) is -0.560. The second-order valence-corrected chi connectivity index (χ2v) is 6.20. The largest absolute Gasteiger partial charge is 0.322 e. The number of aryl methyl sites for hydroxylation is 1. The number of aromatic nitrogens is 3. The Balaban J connectivity index is 1.68. The molecule has 6 heteroatoms. The third kappa shape index (κ3) is 2.65. The first-order valence-corrected chi connectivity index (χ1v) is 8.23. The van der Waals surface area contributed by atoms with Crippen molar-refractivity contribution >= 4 is 22.5 Å². The lowest BCUT2D eigenvalue weighted by Gasteiger charge is -2.11. The van der Waals surface area contributed by atoms with Crippen molar-refractivity contribution in [2.75, 3.05) is 5.32 Å². The van der Waals surface area contributed by atoms with Crippen LogP contribution in [-0.4, -0.2) is 20.7 Å². The Labute approximate surface area is 149 Å². The van der Waals surface area contributed by atoms with Crippen molar-refractivity contribution in [3.63, 3.8) is 0 Å². The minimum absolute atomic E-state index is 0.233. The first-order chi connectivity index (χ1) is 12.5. The van der Waals surface area contributed by atoms with Gasteiger partial charge < -0.3 is 9.88 Å². The lowest BCUT2D eigenvalue weighted by atomic mass is 10.2. The van der Waals surface area contributed by atoms with Gasteiger partial charge in [0.15, 0.2) is 0 Å². The minimum atomic E-state index is -0.327. The van der Waals surface area contributed by atoms with E-state index in [0.717, 1.165) is 16.6 Å². The van der Waals surface area contributed by atoms with E-state index in [1.807, 2.05) is 32.0 Å². The van der Waals surface area contributed by atoms with Gasteiger partial charge in [-0.3, -0.25) is 9.89 Å². The molecule has 2 aromatic heterocycles. The second-order valence-electron chi connectivity index (χ2n) is 6.20. The molecule has 130 valence electrons. The summed E-state index contributed by atoms with van der Waals surface area (Å²) in [6.07, 6.45) is 1.70. The van der Waals surface area contributed by atoms with E-state index in [4.69, 9.17) is 0 Å². The predicted octanol–water partition coefficient (Wildman–Crippen LogP) is 4.36. The molecular formula is C20H17FN4O. The van der Waals surface area contributed by atoms with Crippen LogP contribution in [0.5, 0.6) is 0 Å². The number of para-hydroxylation sites is 1. The van der Waals surface area contributed by atoms with Crippen LogP contribution in [0.3, 0.4) is 0 Å². The van der Waals surface area contributed by atoms with E-state index in [1.165, 1.54) is 6.07 Å². The summed E-state index contributed by atoms with van der Waals surface area (Å²) in [4.78, 5) is 12.7. The molecule has 0 aliphatic carbocycles. The van der Waals surface area contributed by atoms with Crippen LogP contribution in [0.2, 0.25) is 0 Å². The Morgan fingerprint density at radius 2 is 1.96 bits per heavy atom. The Morgan fingerprint density at radius 3 is 2.77 bits per heavy atom. The molecule has 0 aliphatic heterocycles. The third-order valence-corrected chi connectivity index (χ3v) is 4.47. The first-order valence-electron chi connectivity index (χ1n) is 8.23. The summed E-state index contributed by atoms with van der Waals surface area (Å²) in [6, 6.07) is 13.8. The van der Waals surface area contributed by atoms with Gasteiger partial charge in [0.1, 0.15) is 5.82 Å². The SMILES string of the molecule is Cc1cc(C(=O)Nc2ccc3[nH]ncc3c2)c(C)n1-c1ccccc1F. The zero-order valence-electron chi connectivity index (χ0n) is 14.4. The van der Waals surface area contributed by atoms with Crippen molar-refractivity contribution in [3.8, 4) is 5.69 Å². The highest BCUT2D eigenvalue weighted by atomic mass is 19.1. The Morgan fingerprint density at radius 1 is 1.15 bits per heavy atom. The predicted molar refractivity (Wildman–Crippen MR) is 99.2 cm³/mol. The van der Waals surface area contributed by atoms with Gasteiger partial charge in [-0.2, -0.15) is 5.10 Å².